The minimum atomic E-state index is -3.03. The van der Waals surface area contributed by atoms with E-state index >= 15 is 0 Å². The van der Waals surface area contributed by atoms with Crippen LogP contribution in [-0.2, 0) is 10.0 Å². The maximum absolute atomic E-state index is 13.3. The van der Waals surface area contributed by atoms with Crippen LogP contribution in [0.1, 0.15) is 92.1 Å². The molecule has 242 valence electrons. The van der Waals surface area contributed by atoms with Crippen molar-refractivity contribution in [3.63, 3.8) is 0 Å². The number of hydrogen-bond donors (Lipinski definition) is 1. The van der Waals surface area contributed by atoms with Crippen molar-refractivity contribution in [1.82, 2.24) is 29.5 Å². The van der Waals surface area contributed by atoms with Gasteiger partial charge in [-0.3, -0.25) is 4.79 Å². The molecule has 1 N–H and O–H groups in total. The van der Waals surface area contributed by atoms with Crippen LogP contribution in [0.4, 0.5) is 8.78 Å². The van der Waals surface area contributed by atoms with E-state index in [-0.39, 0.29) is 28.8 Å². The number of halogens is 2. The van der Waals surface area contributed by atoms with E-state index in [0.29, 0.717) is 36.3 Å². The lowest BCUT2D eigenvalue weighted by molar-refractivity contribution is -0.171. The number of alkyl halides is 2. The number of nitrogens with zero attached hydrogens (tertiary/aromatic N) is 6. The Hall–Kier alpha value is -3.81. The molecule has 0 spiro atoms. The van der Waals surface area contributed by atoms with Crippen molar-refractivity contribution >= 4 is 19.7 Å². The quantitative estimate of drug-likeness (QED) is 0.246. The second kappa shape index (κ2) is 10.1. The summed E-state index contributed by atoms with van der Waals surface area (Å²) >= 11 is 0. The van der Waals surface area contributed by atoms with Crippen molar-refractivity contribution in [2.45, 2.75) is 94.9 Å². The second-order valence-electron chi connectivity index (χ2n) is 14.7. The van der Waals surface area contributed by atoms with Crippen molar-refractivity contribution in [1.29, 1.82) is 0 Å². The fourth-order valence-corrected chi connectivity index (χ4v) is 8.63. The minimum absolute atomic E-state index is 0.0186. The van der Waals surface area contributed by atoms with E-state index in [0.717, 1.165) is 27.9 Å². The van der Waals surface area contributed by atoms with Crippen LogP contribution in [-0.4, -0.2) is 68.1 Å². The molecule has 3 aliphatic rings. The Kier molecular flexibility index (Phi) is 6.76. The number of aliphatic hydroxyl groups is 1. The highest BCUT2D eigenvalue weighted by Crippen LogP contribution is 2.54. The van der Waals surface area contributed by atoms with E-state index in [9.17, 15) is 18.7 Å². The molecule has 2 bridgehead atoms. The van der Waals surface area contributed by atoms with Crippen LogP contribution in [0.3, 0.4) is 0 Å². The molecule has 2 unspecified atom stereocenters. The van der Waals surface area contributed by atoms with Crippen LogP contribution < -0.4 is 4.74 Å². The molecule has 0 saturated heterocycles. The fraction of sp³-hybridized carbons (Fsp3) is 0.485. The van der Waals surface area contributed by atoms with Gasteiger partial charge in [0.05, 0.1) is 34.1 Å². The zero-order valence-electron chi connectivity index (χ0n) is 27.0. The normalized spacial score (nSPS) is 25.8. The average molecular weight is 649 g/mol. The van der Waals surface area contributed by atoms with Crippen LogP contribution >= 0.6 is 0 Å². The van der Waals surface area contributed by atoms with Crippen LogP contribution in [0.5, 0.6) is 5.88 Å². The second-order valence-corrected chi connectivity index (χ2v) is 19.5. The monoisotopic (exact) mass is 648 g/mol. The smallest absolute Gasteiger partial charge is 0.388 e. The first-order chi connectivity index (χ1) is 21.5. The van der Waals surface area contributed by atoms with Crippen LogP contribution in [0.2, 0.25) is 18.1 Å². The van der Waals surface area contributed by atoms with Gasteiger partial charge in [0.25, 0.3) is 5.91 Å². The Morgan fingerprint density at radius 2 is 1.78 bits per heavy atom. The van der Waals surface area contributed by atoms with E-state index in [2.05, 4.69) is 43.6 Å². The number of pyridine rings is 2. The largest absolute Gasteiger partial charge is 0.417 e. The van der Waals surface area contributed by atoms with Gasteiger partial charge in [-0.2, -0.15) is 13.9 Å². The Balaban J connectivity index is 1.26. The summed E-state index contributed by atoms with van der Waals surface area (Å²) in [5.41, 5.74) is 3.36. The van der Waals surface area contributed by atoms with E-state index in [1.165, 1.54) is 12.1 Å². The molecule has 2 aliphatic carbocycles. The lowest BCUT2D eigenvalue weighted by Crippen LogP contribution is -2.60. The summed E-state index contributed by atoms with van der Waals surface area (Å²) in [7, 11) is -0.470. The van der Waals surface area contributed by atoms with Gasteiger partial charge in [0.1, 0.15) is 5.60 Å². The first kappa shape index (κ1) is 30.8. The Labute approximate surface area is 266 Å². The van der Waals surface area contributed by atoms with Gasteiger partial charge in [-0.05, 0) is 55.2 Å². The molecule has 46 heavy (non-hydrogen) atoms. The third kappa shape index (κ3) is 4.82. The van der Waals surface area contributed by atoms with E-state index < -0.39 is 26.1 Å². The number of aromatic nitrogens is 5. The van der Waals surface area contributed by atoms with Crippen molar-refractivity contribution in [2.75, 3.05) is 7.05 Å². The van der Waals surface area contributed by atoms with Gasteiger partial charge in [-0.1, -0.05) is 20.8 Å². The van der Waals surface area contributed by atoms with Gasteiger partial charge in [0, 0.05) is 61.6 Å². The molecule has 1 aliphatic heterocycles. The molecule has 4 aromatic rings. The molecule has 1 amide bonds. The molecule has 5 heterocycles. The van der Waals surface area contributed by atoms with Gasteiger partial charge in [-0.15, -0.1) is 0 Å². The standard InChI is InChI=1S/C33H38F2N6O4Si/c1-31(2,3)46(6,7)45-33(16-32(4,43)17-33)29-36-14-19(15-37-29)18-10-11-41-22(12-18)25-21-13-23(27(25)39-41)40(5)28(42)20-8-9-24(38-26(20)21)44-30(34)35/h8-12,14-15,21,23,30,43H,13,16-17H2,1-7H3. The number of carbonyl (C=O) groups is 1. The summed E-state index contributed by atoms with van der Waals surface area (Å²) in [5, 5.41) is 15.6. The summed E-state index contributed by atoms with van der Waals surface area (Å²) in [4.78, 5) is 29.0. The molecule has 7 rings (SSSR count). The van der Waals surface area contributed by atoms with Gasteiger partial charge < -0.3 is 19.2 Å². The Bertz CT molecular complexity index is 1860. The lowest BCUT2D eigenvalue weighted by Gasteiger charge is -2.55. The van der Waals surface area contributed by atoms with Gasteiger partial charge in [-0.25, -0.2) is 19.5 Å². The fourth-order valence-electron chi connectivity index (χ4n) is 7.11. The molecule has 4 aromatic heterocycles. The molecule has 0 radical (unpaired) electrons. The Morgan fingerprint density at radius 3 is 2.41 bits per heavy atom. The maximum atomic E-state index is 13.3. The third-order valence-electron chi connectivity index (χ3n) is 10.3. The number of hydrogen-bond acceptors (Lipinski definition) is 8. The first-order valence-electron chi connectivity index (χ1n) is 15.5. The maximum Gasteiger partial charge on any atom is 0.388 e. The van der Waals surface area contributed by atoms with E-state index in [1.807, 2.05) is 25.3 Å². The molecule has 1 fully saturated rings. The topological polar surface area (TPSA) is 115 Å². The zero-order chi connectivity index (χ0) is 33.0. The predicted octanol–water partition coefficient (Wildman–Crippen LogP) is 6.21. The van der Waals surface area contributed by atoms with Crippen LogP contribution in [0.15, 0.2) is 42.9 Å². The summed E-state index contributed by atoms with van der Waals surface area (Å²) < 4.78 is 39.4. The highest BCUT2D eigenvalue weighted by atomic mass is 28.4. The van der Waals surface area contributed by atoms with Crippen molar-refractivity contribution in [2.24, 2.45) is 0 Å². The number of amides is 1. The number of carbonyl (C=O) groups excluding carboxylic acids is 1. The SMILES string of the molecule is CN1C(=O)c2ccc(OC(F)F)nc2C2CC1c1nn3ccc(-c4cnc(C5(O[Si](C)(C)C(C)(C)C)CC(C)(O)C5)nc4)cc3c12. The first-order valence-corrected chi connectivity index (χ1v) is 18.4. The highest BCUT2D eigenvalue weighted by molar-refractivity contribution is 6.74. The van der Waals surface area contributed by atoms with Crippen molar-refractivity contribution in [3.8, 4) is 17.0 Å². The molecule has 2 atom stereocenters. The predicted molar refractivity (Wildman–Crippen MR) is 168 cm³/mol. The summed E-state index contributed by atoms with van der Waals surface area (Å²) in [6.07, 6.45) is 6.83. The molecule has 0 aromatic carbocycles. The van der Waals surface area contributed by atoms with Crippen molar-refractivity contribution in [3.05, 3.63) is 71.2 Å². The third-order valence-corrected chi connectivity index (χ3v) is 14.8. The summed E-state index contributed by atoms with van der Waals surface area (Å²) in [5.74, 6) is -0.229. The van der Waals surface area contributed by atoms with Gasteiger partial charge >= 0.3 is 6.61 Å². The zero-order valence-corrected chi connectivity index (χ0v) is 28.0. The average Bonchev–Trinajstić information content (AvgIpc) is 3.48. The molecule has 1 saturated carbocycles. The summed E-state index contributed by atoms with van der Waals surface area (Å²) in [6, 6.07) is 6.48. The van der Waals surface area contributed by atoms with E-state index in [4.69, 9.17) is 19.5 Å². The number of rotatable bonds is 6. The lowest BCUT2D eigenvalue weighted by atomic mass is 9.68. The minimum Gasteiger partial charge on any atom is -0.417 e. The van der Waals surface area contributed by atoms with Gasteiger partial charge in [0.15, 0.2) is 14.1 Å². The molecule has 10 nitrogen and oxygen atoms in total. The van der Waals surface area contributed by atoms with Crippen molar-refractivity contribution < 1.29 is 27.8 Å². The number of ether oxygens (including phenoxy) is 1. The van der Waals surface area contributed by atoms with E-state index in [1.54, 1.807) is 28.9 Å². The van der Waals surface area contributed by atoms with Gasteiger partial charge in [0.2, 0.25) is 5.88 Å². The van der Waals surface area contributed by atoms with Crippen LogP contribution in [0.25, 0.3) is 16.6 Å². The molecular formula is C33H38F2N6O4Si. The number of fused-ring (bicyclic) bond motifs is 9. The molecule has 13 heteroatoms. The summed E-state index contributed by atoms with van der Waals surface area (Å²) in [6.45, 7) is 9.74. The van der Waals surface area contributed by atoms with Crippen LogP contribution in [0, 0.1) is 0 Å². The highest BCUT2D eigenvalue weighted by Gasteiger charge is 2.58. The Morgan fingerprint density at radius 1 is 1.09 bits per heavy atom. The molecular weight excluding hydrogens is 610 g/mol.